The van der Waals surface area contributed by atoms with Gasteiger partial charge in [-0.05, 0) is 54.7 Å². The van der Waals surface area contributed by atoms with Crippen molar-refractivity contribution in [3.63, 3.8) is 0 Å². The summed E-state index contributed by atoms with van der Waals surface area (Å²) in [4.78, 5) is 12.2. The van der Waals surface area contributed by atoms with Crippen molar-refractivity contribution in [1.82, 2.24) is 0 Å². The fraction of sp³-hybridized carbons (Fsp3) is 0.188. The van der Waals surface area contributed by atoms with Crippen LogP contribution in [-0.2, 0) is 12.8 Å². The van der Waals surface area contributed by atoms with Crippen molar-refractivity contribution in [2.45, 2.75) is 19.3 Å². The minimum Gasteiger partial charge on any atom is -0.506 e. The van der Waals surface area contributed by atoms with Gasteiger partial charge in [-0.15, -0.1) is 0 Å². The van der Waals surface area contributed by atoms with E-state index in [1.54, 1.807) is 12.1 Å². The summed E-state index contributed by atoms with van der Waals surface area (Å²) in [5.41, 5.74) is 3.76. The highest BCUT2D eigenvalue weighted by molar-refractivity contribution is 6.32. The largest absolute Gasteiger partial charge is 0.506 e. The molecule has 0 saturated heterocycles. The van der Waals surface area contributed by atoms with Gasteiger partial charge in [0.25, 0.3) is 5.91 Å². The highest BCUT2D eigenvalue weighted by atomic mass is 35.5. The number of amides is 1. The first kappa shape index (κ1) is 13.0. The molecule has 0 unspecified atom stereocenters. The molecule has 3 rings (SSSR count). The molecule has 1 aliphatic rings. The van der Waals surface area contributed by atoms with Crippen molar-refractivity contribution in [2.75, 3.05) is 5.32 Å². The van der Waals surface area contributed by atoms with Crippen LogP contribution >= 0.6 is 11.6 Å². The maximum absolute atomic E-state index is 12.2. The Balaban J connectivity index is 1.80. The lowest BCUT2D eigenvalue weighted by atomic mass is 10.1. The van der Waals surface area contributed by atoms with Crippen LogP contribution in [0, 0.1) is 0 Å². The molecule has 1 amide bonds. The second-order valence-corrected chi connectivity index (χ2v) is 5.36. The summed E-state index contributed by atoms with van der Waals surface area (Å²) in [6, 6.07) is 10.5. The highest BCUT2D eigenvalue weighted by Crippen LogP contribution is 2.27. The number of hydrogen-bond acceptors (Lipinski definition) is 2. The van der Waals surface area contributed by atoms with Crippen molar-refractivity contribution in [1.29, 1.82) is 0 Å². The monoisotopic (exact) mass is 287 g/mol. The molecule has 1 aliphatic carbocycles. The first-order chi connectivity index (χ1) is 9.63. The standard InChI is InChI=1S/C16H14ClNO2/c17-14-7-6-13(9-15(14)19)18-16(20)12-5-4-10-2-1-3-11(10)8-12/h4-9,19H,1-3H2,(H,18,20). The number of aryl methyl sites for hydroxylation is 2. The quantitative estimate of drug-likeness (QED) is 0.883. The molecule has 102 valence electrons. The molecule has 0 aromatic heterocycles. The Morgan fingerprint density at radius 3 is 2.70 bits per heavy atom. The predicted molar refractivity (Wildman–Crippen MR) is 79.5 cm³/mol. The lowest BCUT2D eigenvalue weighted by molar-refractivity contribution is 0.102. The van der Waals surface area contributed by atoms with Crippen LogP contribution in [0.1, 0.15) is 27.9 Å². The highest BCUT2D eigenvalue weighted by Gasteiger charge is 2.14. The third-order valence-electron chi connectivity index (χ3n) is 3.56. The number of hydrogen-bond donors (Lipinski definition) is 2. The van der Waals surface area contributed by atoms with Gasteiger partial charge in [0, 0.05) is 17.3 Å². The molecule has 0 radical (unpaired) electrons. The Morgan fingerprint density at radius 1 is 1.10 bits per heavy atom. The van der Waals surface area contributed by atoms with E-state index in [9.17, 15) is 9.90 Å². The molecule has 0 heterocycles. The SMILES string of the molecule is O=C(Nc1ccc(Cl)c(O)c1)c1ccc2c(c1)CCC2. The molecule has 2 N–H and O–H groups in total. The molecule has 0 atom stereocenters. The Kier molecular flexibility index (Phi) is 3.36. The summed E-state index contributed by atoms with van der Waals surface area (Å²) in [5, 5.41) is 12.6. The van der Waals surface area contributed by atoms with Crippen LogP contribution in [0.25, 0.3) is 0 Å². The van der Waals surface area contributed by atoms with Gasteiger partial charge in [0.05, 0.1) is 5.02 Å². The lowest BCUT2D eigenvalue weighted by Gasteiger charge is -2.08. The van der Waals surface area contributed by atoms with Crippen LogP contribution in [-0.4, -0.2) is 11.0 Å². The first-order valence-corrected chi connectivity index (χ1v) is 6.93. The Bertz CT molecular complexity index is 682. The zero-order valence-corrected chi connectivity index (χ0v) is 11.6. The summed E-state index contributed by atoms with van der Waals surface area (Å²) in [5.74, 6) is -0.222. The van der Waals surface area contributed by atoms with Crippen LogP contribution in [0.2, 0.25) is 5.02 Å². The summed E-state index contributed by atoms with van der Waals surface area (Å²) in [6.45, 7) is 0. The number of phenols is 1. The average molecular weight is 288 g/mol. The van der Waals surface area contributed by atoms with E-state index in [-0.39, 0.29) is 16.7 Å². The number of fused-ring (bicyclic) bond motifs is 1. The summed E-state index contributed by atoms with van der Waals surface area (Å²) >= 11 is 5.74. The van der Waals surface area contributed by atoms with Crippen molar-refractivity contribution in [2.24, 2.45) is 0 Å². The topological polar surface area (TPSA) is 49.3 Å². The maximum Gasteiger partial charge on any atom is 0.255 e. The van der Waals surface area contributed by atoms with E-state index < -0.39 is 0 Å². The molecule has 2 aromatic rings. The van der Waals surface area contributed by atoms with Gasteiger partial charge >= 0.3 is 0 Å². The number of carbonyl (C=O) groups excluding carboxylic acids is 1. The minimum absolute atomic E-state index is 0.0431. The fourth-order valence-corrected chi connectivity index (χ4v) is 2.62. The third-order valence-corrected chi connectivity index (χ3v) is 3.88. The van der Waals surface area contributed by atoms with Gasteiger partial charge in [0.2, 0.25) is 0 Å². The van der Waals surface area contributed by atoms with Crippen LogP contribution in [0.15, 0.2) is 36.4 Å². The second kappa shape index (κ2) is 5.17. The molecule has 20 heavy (non-hydrogen) atoms. The molecule has 0 spiro atoms. The summed E-state index contributed by atoms with van der Waals surface area (Å²) in [6.07, 6.45) is 3.30. The molecule has 0 bridgehead atoms. The molecule has 0 fully saturated rings. The van der Waals surface area contributed by atoms with Crippen molar-refractivity contribution in [3.8, 4) is 5.75 Å². The van der Waals surface area contributed by atoms with Crippen LogP contribution < -0.4 is 5.32 Å². The smallest absolute Gasteiger partial charge is 0.255 e. The number of anilines is 1. The Morgan fingerprint density at radius 2 is 1.90 bits per heavy atom. The van der Waals surface area contributed by atoms with Gasteiger partial charge in [0.1, 0.15) is 5.75 Å². The van der Waals surface area contributed by atoms with Crippen LogP contribution in [0.5, 0.6) is 5.75 Å². The molecular formula is C16H14ClNO2. The van der Waals surface area contributed by atoms with Crippen LogP contribution in [0.3, 0.4) is 0 Å². The number of carbonyl (C=O) groups is 1. The van der Waals surface area contributed by atoms with Gasteiger partial charge < -0.3 is 10.4 Å². The van der Waals surface area contributed by atoms with Crippen molar-refractivity contribution >= 4 is 23.2 Å². The summed E-state index contributed by atoms with van der Waals surface area (Å²) in [7, 11) is 0. The number of nitrogens with one attached hydrogen (secondary N) is 1. The minimum atomic E-state index is -0.179. The Labute approximate surface area is 122 Å². The van der Waals surface area contributed by atoms with Crippen molar-refractivity contribution < 1.29 is 9.90 Å². The second-order valence-electron chi connectivity index (χ2n) is 4.96. The number of phenolic OH excluding ortho intramolecular Hbond substituents is 1. The van der Waals surface area contributed by atoms with E-state index >= 15 is 0 Å². The fourth-order valence-electron chi connectivity index (χ4n) is 2.51. The maximum atomic E-state index is 12.2. The number of aromatic hydroxyl groups is 1. The molecule has 0 aliphatic heterocycles. The third kappa shape index (κ3) is 2.49. The van der Waals surface area contributed by atoms with Gasteiger partial charge in [-0.2, -0.15) is 0 Å². The molecular weight excluding hydrogens is 274 g/mol. The molecule has 4 heteroatoms. The molecule has 0 saturated carbocycles. The van der Waals surface area contributed by atoms with E-state index in [2.05, 4.69) is 5.32 Å². The van der Waals surface area contributed by atoms with Gasteiger partial charge in [-0.25, -0.2) is 0 Å². The van der Waals surface area contributed by atoms with Gasteiger partial charge in [-0.3, -0.25) is 4.79 Å². The number of halogens is 1. The predicted octanol–water partition coefficient (Wildman–Crippen LogP) is 3.79. The van der Waals surface area contributed by atoms with Crippen molar-refractivity contribution in [3.05, 3.63) is 58.1 Å². The lowest BCUT2D eigenvalue weighted by Crippen LogP contribution is -2.12. The van der Waals surface area contributed by atoms with E-state index in [0.717, 1.165) is 19.3 Å². The van der Waals surface area contributed by atoms with Gasteiger partial charge in [-0.1, -0.05) is 17.7 Å². The van der Waals surface area contributed by atoms with Crippen LogP contribution in [0.4, 0.5) is 5.69 Å². The zero-order chi connectivity index (χ0) is 14.1. The van der Waals surface area contributed by atoms with E-state index in [0.29, 0.717) is 11.3 Å². The number of rotatable bonds is 2. The normalized spacial score (nSPS) is 13.1. The summed E-state index contributed by atoms with van der Waals surface area (Å²) < 4.78 is 0. The number of benzene rings is 2. The van der Waals surface area contributed by atoms with E-state index in [1.165, 1.54) is 17.2 Å². The average Bonchev–Trinajstić information content (AvgIpc) is 2.90. The van der Waals surface area contributed by atoms with E-state index in [1.807, 2.05) is 18.2 Å². The zero-order valence-electron chi connectivity index (χ0n) is 10.8. The molecule has 2 aromatic carbocycles. The molecule has 3 nitrogen and oxygen atoms in total. The Hall–Kier alpha value is -2.00. The van der Waals surface area contributed by atoms with Gasteiger partial charge in [0.15, 0.2) is 0 Å². The first-order valence-electron chi connectivity index (χ1n) is 6.55. The van der Waals surface area contributed by atoms with E-state index in [4.69, 9.17) is 11.6 Å².